The van der Waals surface area contributed by atoms with Gasteiger partial charge < -0.3 is 26.0 Å². The molecule has 0 saturated heterocycles. The number of hydrogen-bond donors (Lipinski definition) is 3. The molecule has 1 aromatic rings. The topological polar surface area (TPSA) is 131 Å². The third-order valence-corrected chi connectivity index (χ3v) is 4.97. The molecule has 0 fully saturated rings. The number of aryl methyl sites for hydroxylation is 2. The summed E-state index contributed by atoms with van der Waals surface area (Å²) < 4.78 is 5.25. The number of nitrogens with one attached hydrogen (secondary N) is 2. The van der Waals surface area contributed by atoms with Gasteiger partial charge in [-0.15, -0.1) is 0 Å². The van der Waals surface area contributed by atoms with Crippen LogP contribution in [0.5, 0.6) is 0 Å². The molecule has 0 saturated carbocycles. The molecule has 0 bridgehead atoms. The summed E-state index contributed by atoms with van der Waals surface area (Å²) in [5.74, 6) is -1.69. The number of unbranched alkanes of at least 4 members (excludes halogenated alkanes) is 1. The number of carbonyl (C=O) groups excluding carboxylic acids is 4. The van der Waals surface area contributed by atoms with Gasteiger partial charge in [0.25, 0.3) is 0 Å². The highest BCUT2D eigenvalue weighted by Crippen LogP contribution is 2.25. The zero-order valence-electron chi connectivity index (χ0n) is 21.5. The Morgan fingerprint density at radius 1 is 1.06 bits per heavy atom. The predicted octanol–water partition coefficient (Wildman–Crippen LogP) is 2.88. The van der Waals surface area contributed by atoms with Gasteiger partial charge in [-0.25, -0.2) is 4.79 Å². The second kappa shape index (κ2) is 13.0. The average molecular weight is 477 g/mol. The molecule has 1 aromatic carbocycles. The summed E-state index contributed by atoms with van der Waals surface area (Å²) in [5, 5.41) is 5.36. The number of nitrogens with zero attached hydrogens (tertiary/aromatic N) is 1. The second-order valence-corrected chi connectivity index (χ2v) is 9.46. The molecule has 9 heteroatoms. The Balaban J connectivity index is 3.38. The number of likely N-dealkylation sites (N-methyl/N-ethyl adjacent to an activating group) is 1. The van der Waals surface area contributed by atoms with Gasteiger partial charge in [0.15, 0.2) is 0 Å². The van der Waals surface area contributed by atoms with E-state index >= 15 is 0 Å². The SMILES string of the molecule is CCCCNC(=O)C(c1cc(C)cc(C)c1)N(CC)C(=O)C(CC(N)=O)NC(=O)OC(C)(C)C. The third-order valence-electron chi connectivity index (χ3n) is 4.97. The van der Waals surface area contributed by atoms with Crippen molar-refractivity contribution in [3.05, 3.63) is 34.9 Å². The van der Waals surface area contributed by atoms with Crippen molar-refractivity contribution < 1.29 is 23.9 Å². The van der Waals surface area contributed by atoms with E-state index < -0.39 is 42.0 Å². The Hall–Kier alpha value is -3.10. The van der Waals surface area contributed by atoms with Crippen LogP contribution in [0.15, 0.2) is 18.2 Å². The largest absolute Gasteiger partial charge is 0.444 e. The minimum atomic E-state index is -1.27. The number of ether oxygens (including phenoxy) is 1. The molecule has 0 spiro atoms. The molecule has 0 aliphatic carbocycles. The summed E-state index contributed by atoms with van der Waals surface area (Å²) in [7, 11) is 0. The first-order valence-electron chi connectivity index (χ1n) is 11.7. The maximum atomic E-state index is 13.6. The van der Waals surface area contributed by atoms with E-state index in [4.69, 9.17) is 10.5 Å². The van der Waals surface area contributed by atoms with E-state index in [1.165, 1.54) is 4.90 Å². The number of rotatable bonds is 11. The van der Waals surface area contributed by atoms with Crippen molar-refractivity contribution in [2.75, 3.05) is 13.1 Å². The molecule has 1 rings (SSSR count). The van der Waals surface area contributed by atoms with Crippen LogP contribution in [0.3, 0.4) is 0 Å². The number of benzene rings is 1. The van der Waals surface area contributed by atoms with Gasteiger partial charge in [0.2, 0.25) is 17.7 Å². The molecular weight excluding hydrogens is 436 g/mol. The number of alkyl carbamates (subject to hydrolysis) is 1. The van der Waals surface area contributed by atoms with Crippen LogP contribution < -0.4 is 16.4 Å². The van der Waals surface area contributed by atoms with Gasteiger partial charge in [0.1, 0.15) is 17.7 Å². The van der Waals surface area contributed by atoms with Crippen molar-refractivity contribution in [1.82, 2.24) is 15.5 Å². The Bertz CT molecular complexity index is 858. The Labute approximate surface area is 202 Å². The Morgan fingerprint density at radius 3 is 2.12 bits per heavy atom. The highest BCUT2D eigenvalue weighted by molar-refractivity contribution is 5.94. The summed E-state index contributed by atoms with van der Waals surface area (Å²) in [6, 6.07) is 3.48. The molecule has 190 valence electrons. The molecular formula is C25H40N4O5. The lowest BCUT2D eigenvalue weighted by Crippen LogP contribution is -2.54. The van der Waals surface area contributed by atoms with Gasteiger partial charge in [-0.05, 0) is 53.5 Å². The third kappa shape index (κ3) is 9.41. The van der Waals surface area contributed by atoms with Gasteiger partial charge in [-0.1, -0.05) is 42.7 Å². The Morgan fingerprint density at radius 2 is 1.65 bits per heavy atom. The van der Waals surface area contributed by atoms with E-state index in [1.807, 2.05) is 39.0 Å². The van der Waals surface area contributed by atoms with Gasteiger partial charge in [-0.3, -0.25) is 14.4 Å². The van der Waals surface area contributed by atoms with E-state index in [0.29, 0.717) is 12.1 Å². The molecule has 4 N–H and O–H groups in total. The first-order valence-corrected chi connectivity index (χ1v) is 11.7. The van der Waals surface area contributed by atoms with Crippen molar-refractivity contribution in [2.45, 2.75) is 85.4 Å². The highest BCUT2D eigenvalue weighted by Gasteiger charge is 2.36. The van der Waals surface area contributed by atoms with Gasteiger partial charge in [0.05, 0.1) is 6.42 Å². The van der Waals surface area contributed by atoms with E-state index in [0.717, 1.165) is 24.0 Å². The summed E-state index contributed by atoms with van der Waals surface area (Å²) in [6.45, 7) is 13.3. The molecule has 34 heavy (non-hydrogen) atoms. The zero-order valence-corrected chi connectivity index (χ0v) is 21.5. The quantitative estimate of drug-likeness (QED) is 0.423. The zero-order chi connectivity index (χ0) is 26.1. The first kappa shape index (κ1) is 28.9. The number of hydrogen-bond acceptors (Lipinski definition) is 5. The molecule has 0 heterocycles. The summed E-state index contributed by atoms with van der Waals surface area (Å²) in [6.07, 6.45) is 0.436. The minimum Gasteiger partial charge on any atom is -0.444 e. The molecule has 0 aromatic heterocycles. The lowest BCUT2D eigenvalue weighted by molar-refractivity contribution is -0.143. The van der Waals surface area contributed by atoms with E-state index in [1.54, 1.807) is 27.7 Å². The maximum absolute atomic E-state index is 13.6. The number of nitrogens with two attached hydrogens (primary N) is 1. The number of carbonyl (C=O) groups is 4. The van der Waals surface area contributed by atoms with Crippen LogP contribution in [0.4, 0.5) is 4.79 Å². The second-order valence-electron chi connectivity index (χ2n) is 9.46. The predicted molar refractivity (Wildman–Crippen MR) is 131 cm³/mol. The van der Waals surface area contributed by atoms with E-state index in [-0.39, 0.29) is 12.5 Å². The van der Waals surface area contributed by atoms with Crippen LogP contribution in [0, 0.1) is 13.8 Å². The van der Waals surface area contributed by atoms with Gasteiger partial charge in [0, 0.05) is 13.1 Å². The fourth-order valence-electron chi connectivity index (χ4n) is 3.64. The van der Waals surface area contributed by atoms with Crippen LogP contribution in [0.1, 0.15) is 76.6 Å². The molecule has 0 radical (unpaired) electrons. The monoisotopic (exact) mass is 476 g/mol. The number of amides is 4. The van der Waals surface area contributed by atoms with Gasteiger partial charge in [-0.2, -0.15) is 0 Å². The molecule has 2 atom stereocenters. The van der Waals surface area contributed by atoms with Crippen LogP contribution in [-0.2, 0) is 19.1 Å². The molecule has 2 unspecified atom stereocenters. The smallest absolute Gasteiger partial charge is 0.408 e. The lowest BCUT2D eigenvalue weighted by Gasteiger charge is -2.33. The number of primary amides is 1. The molecule has 4 amide bonds. The molecule has 9 nitrogen and oxygen atoms in total. The summed E-state index contributed by atoms with van der Waals surface area (Å²) in [4.78, 5) is 52.3. The lowest BCUT2D eigenvalue weighted by atomic mass is 9.98. The standard InChI is InChI=1S/C25H40N4O5/c1-8-10-11-27-22(31)21(18-13-16(3)12-17(4)14-18)29(9-2)23(32)19(15-20(26)30)28-24(33)34-25(5,6)7/h12-14,19,21H,8-11,15H2,1-7H3,(H2,26,30)(H,27,31)(H,28,33). The van der Waals surface area contributed by atoms with E-state index in [2.05, 4.69) is 10.6 Å². The first-order chi connectivity index (χ1) is 15.8. The van der Waals surface area contributed by atoms with Crippen LogP contribution in [0.25, 0.3) is 0 Å². The van der Waals surface area contributed by atoms with Crippen molar-refractivity contribution >= 4 is 23.8 Å². The Kier molecular flexibility index (Phi) is 11.0. The van der Waals surface area contributed by atoms with Crippen LogP contribution in [-0.4, -0.2) is 53.4 Å². The normalized spacial score (nSPS) is 12.9. The highest BCUT2D eigenvalue weighted by atomic mass is 16.6. The van der Waals surface area contributed by atoms with Crippen molar-refractivity contribution in [2.24, 2.45) is 5.73 Å². The van der Waals surface area contributed by atoms with E-state index in [9.17, 15) is 19.2 Å². The molecule has 0 aliphatic heterocycles. The summed E-state index contributed by atoms with van der Waals surface area (Å²) in [5.41, 5.74) is 7.12. The van der Waals surface area contributed by atoms with Crippen molar-refractivity contribution in [1.29, 1.82) is 0 Å². The molecule has 0 aliphatic rings. The average Bonchev–Trinajstić information content (AvgIpc) is 2.68. The van der Waals surface area contributed by atoms with Gasteiger partial charge >= 0.3 is 6.09 Å². The summed E-state index contributed by atoms with van der Waals surface area (Å²) >= 11 is 0. The fourth-order valence-corrected chi connectivity index (χ4v) is 3.64. The van der Waals surface area contributed by atoms with Crippen molar-refractivity contribution in [3.8, 4) is 0 Å². The maximum Gasteiger partial charge on any atom is 0.408 e. The fraction of sp³-hybridized carbons (Fsp3) is 0.600. The van der Waals surface area contributed by atoms with Crippen molar-refractivity contribution in [3.63, 3.8) is 0 Å². The minimum absolute atomic E-state index is 0.170. The van der Waals surface area contributed by atoms with Crippen LogP contribution >= 0.6 is 0 Å². The van der Waals surface area contributed by atoms with Crippen LogP contribution in [0.2, 0.25) is 0 Å².